The molecule has 19 heavy (non-hydrogen) atoms. The van der Waals surface area contributed by atoms with Crippen LogP contribution in [-0.2, 0) is 6.54 Å². The zero-order valence-corrected chi connectivity index (χ0v) is 14.0. The monoisotopic (exact) mass is 430 g/mol. The third-order valence-corrected chi connectivity index (χ3v) is 4.12. The summed E-state index contributed by atoms with van der Waals surface area (Å²) in [5.74, 6) is -0.0892. The summed E-state index contributed by atoms with van der Waals surface area (Å²) in [6, 6.07) is 7.62. The maximum Gasteiger partial charge on any atom is 0.252 e. The first kappa shape index (κ1) is 14.5. The van der Waals surface area contributed by atoms with Crippen molar-refractivity contribution in [3.63, 3.8) is 0 Å². The first-order chi connectivity index (χ1) is 9.08. The number of hydrogen-bond donors (Lipinski definition) is 1. The lowest BCUT2D eigenvalue weighted by Crippen LogP contribution is -2.23. The summed E-state index contributed by atoms with van der Waals surface area (Å²) in [6.45, 7) is 2.49. The highest BCUT2D eigenvalue weighted by molar-refractivity contribution is 14.1. The molecule has 0 aliphatic carbocycles. The average molecular weight is 431 g/mol. The van der Waals surface area contributed by atoms with Crippen LogP contribution in [0, 0.1) is 10.5 Å². The van der Waals surface area contributed by atoms with Crippen molar-refractivity contribution in [3.05, 3.63) is 61.4 Å². The van der Waals surface area contributed by atoms with Crippen LogP contribution in [0.1, 0.15) is 21.5 Å². The number of pyridine rings is 1. The fourth-order valence-corrected chi connectivity index (χ4v) is 2.54. The molecule has 0 unspecified atom stereocenters. The smallest absolute Gasteiger partial charge is 0.252 e. The second kappa shape index (κ2) is 6.47. The summed E-state index contributed by atoms with van der Waals surface area (Å²) < 4.78 is 1.83. The molecule has 0 radical (unpaired) electrons. The van der Waals surface area contributed by atoms with Gasteiger partial charge in [0.05, 0.1) is 5.56 Å². The molecule has 98 valence electrons. The third-order valence-electron chi connectivity index (χ3n) is 2.76. The summed E-state index contributed by atoms with van der Waals surface area (Å²) in [4.78, 5) is 16.2. The Morgan fingerprint density at radius 3 is 2.95 bits per heavy atom. The fraction of sp³-hybridized carbons (Fsp3) is 0.143. The van der Waals surface area contributed by atoms with Gasteiger partial charge in [0.15, 0.2) is 0 Å². The van der Waals surface area contributed by atoms with Gasteiger partial charge < -0.3 is 5.32 Å². The van der Waals surface area contributed by atoms with Gasteiger partial charge in [0.1, 0.15) is 0 Å². The molecule has 0 aliphatic rings. The maximum absolute atomic E-state index is 12.1. The number of aryl methyl sites for hydroxylation is 1. The Kier molecular flexibility index (Phi) is 4.93. The van der Waals surface area contributed by atoms with Crippen LogP contribution >= 0.6 is 38.5 Å². The average Bonchev–Trinajstić information content (AvgIpc) is 2.40. The lowest BCUT2D eigenvalue weighted by atomic mass is 10.1. The van der Waals surface area contributed by atoms with Crippen LogP contribution in [0.15, 0.2) is 41.1 Å². The quantitative estimate of drug-likeness (QED) is 0.754. The molecule has 0 saturated heterocycles. The normalized spacial score (nSPS) is 10.3. The van der Waals surface area contributed by atoms with Crippen LogP contribution in [0.2, 0.25) is 0 Å². The highest BCUT2D eigenvalue weighted by atomic mass is 127. The lowest BCUT2D eigenvalue weighted by Gasteiger charge is -2.09. The summed E-state index contributed by atoms with van der Waals surface area (Å²) in [5.41, 5.74) is 2.79. The number of amides is 1. The van der Waals surface area contributed by atoms with Crippen molar-refractivity contribution in [1.29, 1.82) is 0 Å². The van der Waals surface area contributed by atoms with Gasteiger partial charge in [-0.1, -0.05) is 0 Å². The largest absolute Gasteiger partial charge is 0.348 e. The highest BCUT2D eigenvalue weighted by Gasteiger charge is 2.10. The first-order valence-corrected chi connectivity index (χ1v) is 7.58. The Hall–Kier alpha value is -0.950. The molecule has 3 nitrogen and oxygen atoms in total. The molecule has 0 fully saturated rings. The summed E-state index contributed by atoms with van der Waals surface area (Å²) in [5, 5.41) is 2.91. The molecule has 0 atom stereocenters. The molecule has 2 aromatic rings. The first-order valence-electron chi connectivity index (χ1n) is 5.70. The van der Waals surface area contributed by atoms with E-state index in [0.29, 0.717) is 12.1 Å². The number of nitrogens with one attached hydrogen (secondary N) is 1. The topological polar surface area (TPSA) is 42.0 Å². The fourth-order valence-electron chi connectivity index (χ4n) is 1.62. The molecular formula is C14H12BrIN2O. The number of benzene rings is 1. The number of nitrogens with zero attached hydrogens (tertiary/aromatic N) is 1. The van der Waals surface area contributed by atoms with E-state index in [4.69, 9.17) is 0 Å². The molecule has 5 heteroatoms. The highest BCUT2D eigenvalue weighted by Crippen LogP contribution is 2.19. The third kappa shape index (κ3) is 3.76. The molecule has 1 aromatic heterocycles. The number of rotatable bonds is 3. The van der Waals surface area contributed by atoms with Gasteiger partial charge in [-0.15, -0.1) is 0 Å². The maximum atomic E-state index is 12.1. The van der Waals surface area contributed by atoms with Crippen molar-refractivity contribution in [3.8, 4) is 0 Å². The SMILES string of the molecule is Cc1ccncc1CNC(=O)c1cc(I)ccc1Br. The molecule has 1 heterocycles. The molecule has 0 bridgehead atoms. The predicted molar refractivity (Wildman–Crippen MR) is 87.0 cm³/mol. The van der Waals surface area contributed by atoms with Gasteiger partial charge in [-0.3, -0.25) is 9.78 Å². The van der Waals surface area contributed by atoms with Gasteiger partial charge in [-0.25, -0.2) is 0 Å². The zero-order valence-electron chi connectivity index (χ0n) is 10.3. The van der Waals surface area contributed by atoms with Crippen LogP contribution in [0.25, 0.3) is 0 Å². The Morgan fingerprint density at radius 1 is 1.42 bits per heavy atom. The van der Waals surface area contributed by atoms with E-state index in [1.165, 1.54) is 0 Å². The Labute approximate surface area is 134 Å². The van der Waals surface area contributed by atoms with Crippen molar-refractivity contribution < 1.29 is 4.79 Å². The molecule has 0 spiro atoms. The van der Waals surface area contributed by atoms with Crippen LogP contribution < -0.4 is 5.32 Å². The minimum atomic E-state index is -0.0892. The van der Waals surface area contributed by atoms with Gasteiger partial charge in [-0.05, 0) is 80.8 Å². The number of aromatic nitrogens is 1. The molecule has 0 saturated carbocycles. The van der Waals surface area contributed by atoms with Gasteiger partial charge >= 0.3 is 0 Å². The molecule has 1 N–H and O–H groups in total. The van der Waals surface area contributed by atoms with Crippen molar-refractivity contribution in [1.82, 2.24) is 10.3 Å². The number of hydrogen-bond acceptors (Lipinski definition) is 2. The van der Waals surface area contributed by atoms with Crippen LogP contribution in [-0.4, -0.2) is 10.9 Å². The molecule has 0 aliphatic heterocycles. The Balaban J connectivity index is 2.10. The van der Waals surface area contributed by atoms with Gasteiger partial charge in [0, 0.05) is 27.0 Å². The van der Waals surface area contributed by atoms with E-state index in [-0.39, 0.29) is 5.91 Å². The minimum absolute atomic E-state index is 0.0892. The standard InChI is InChI=1S/C14H12BrIN2O/c1-9-4-5-17-7-10(9)8-18-14(19)12-6-11(16)2-3-13(12)15/h2-7H,8H2,1H3,(H,18,19). The molecule has 1 amide bonds. The van der Waals surface area contributed by atoms with Crippen molar-refractivity contribution >= 4 is 44.4 Å². The van der Waals surface area contributed by atoms with E-state index < -0.39 is 0 Å². The van der Waals surface area contributed by atoms with Crippen LogP contribution in [0.5, 0.6) is 0 Å². The second-order valence-corrected chi connectivity index (χ2v) is 6.21. The van der Waals surface area contributed by atoms with Crippen molar-refractivity contribution in [2.45, 2.75) is 13.5 Å². The number of carbonyl (C=O) groups is 1. The molecular weight excluding hydrogens is 419 g/mol. The molecule has 2 rings (SSSR count). The van der Waals surface area contributed by atoms with Gasteiger partial charge in [-0.2, -0.15) is 0 Å². The zero-order chi connectivity index (χ0) is 13.8. The lowest BCUT2D eigenvalue weighted by molar-refractivity contribution is 0.0950. The Morgan fingerprint density at radius 2 is 2.21 bits per heavy atom. The van der Waals surface area contributed by atoms with E-state index in [1.807, 2.05) is 31.2 Å². The summed E-state index contributed by atoms with van der Waals surface area (Å²) in [7, 11) is 0. The van der Waals surface area contributed by atoms with Gasteiger partial charge in [0.2, 0.25) is 0 Å². The van der Waals surface area contributed by atoms with E-state index in [9.17, 15) is 4.79 Å². The Bertz CT molecular complexity index is 616. The van der Waals surface area contributed by atoms with Crippen LogP contribution in [0.4, 0.5) is 0 Å². The van der Waals surface area contributed by atoms with E-state index in [1.54, 1.807) is 12.4 Å². The summed E-state index contributed by atoms with van der Waals surface area (Å²) >= 11 is 5.59. The van der Waals surface area contributed by atoms with Crippen molar-refractivity contribution in [2.24, 2.45) is 0 Å². The van der Waals surface area contributed by atoms with Crippen molar-refractivity contribution in [2.75, 3.05) is 0 Å². The molecule has 1 aromatic carbocycles. The van der Waals surface area contributed by atoms with E-state index in [0.717, 1.165) is 19.2 Å². The number of carbonyl (C=O) groups excluding carboxylic acids is 1. The predicted octanol–water partition coefficient (Wildman–Crippen LogP) is 3.69. The van der Waals surface area contributed by atoms with Gasteiger partial charge in [0.25, 0.3) is 5.91 Å². The second-order valence-electron chi connectivity index (χ2n) is 4.11. The van der Waals surface area contributed by atoms with E-state index >= 15 is 0 Å². The van der Waals surface area contributed by atoms with E-state index in [2.05, 4.69) is 48.8 Å². The summed E-state index contributed by atoms with van der Waals surface area (Å²) in [6.07, 6.45) is 3.52. The minimum Gasteiger partial charge on any atom is -0.348 e. The number of halogens is 2. The van der Waals surface area contributed by atoms with Crippen LogP contribution in [0.3, 0.4) is 0 Å².